The van der Waals surface area contributed by atoms with Crippen LogP contribution in [0.1, 0.15) is 37.3 Å². The molecule has 1 aliphatic rings. The van der Waals surface area contributed by atoms with Crippen LogP contribution in [0.3, 0.4) is 0 Å². The SMILES string of the molecule is CC[C@@H](C)c1ccc(NC(=S)N2CC[NH+](Cc3cccc(F)c3)CC2)cc1. The molecule has 0 aromatic heterocycles. The summed E-state index contributed by atoms with van der Waals surface area (Å²) in [6.45, 7) is 9.17. The highest BCUT2D eigenvalue weighted by Crippen LogP contribution is 2.20. The highest BCUT2D eigenvalue weighted by atomic mass is 32.1. The molecule has 0 amide bonds. The van der Waals surface area contributed by atoms with Gasteiger partial charge in [-0.2, -0.15) is 0 Å². The molecule has 0 saturated carbocycles. The fourth-order valence-corrected chi connectivity index (χ4v) is 3.77. The Morgan fingerprint density at radius 1 is 1.19 bits per heavy atom. The minimum atomic E-state index is -0.157. The zero-order valence-corrected chi connectivity index (χ0v) is 17.0. The highest BCUT2D eigenvalue weighted by molar-refractivity contribution is 7.80. The summed E-state index contributed by atoms with van der Waals surface area (Å²) < 4.78 is 13.3. The van der Waals surface area contributed by atoms with Gasteiger partial charge in [-0.3, -0.25) is 0 Å². The molecule has 2 N–H and O–H groups in total. The number of halogens is 1. The third kappa shape index (κ3) is 5.50. The second-order valence-electron chi connectivity index (χ2n) is 7.41. The first-order valence-corrected chi connectivity index (χ1v) is 10.2. The summed E-state index contributed by atoms with van der Waals surface area (Å²) in [5.74, 6) is 0.426. The smallest absolute Gasteiger partial charge is 0.173 e. The zero-order valence-electron chi connectivity index (χ0n) is 16.2. The van der Waals surface area contributed by atoms with E-state index in [1.165, 1.54) is 16.5 Å². The Labute approximate surface area is 167 Å². The van der Waals surface area contributed by atoms with E-state index in [2.05, 4.69) is 48.3 Å². The number of quaternary nitrogens is 1. The van der Waals surface area contributed by atoms with Crippen molar-refractivity contribution in [1.29, 1.82) is 0 Å². The first-order valence-electron chi connectivity index (χ1n) is 9.79. The standard InChI is InChI=1S/C22H28FN3S/c1-3-17(2)19-7-9-21(10-8-19)24-22(27)26-13-11-25(12-14-26)16-18-5-4-6-20(23)15-18/h4-10,15,17H,3,11-14,16H2,1-2H3,(H,24,27)/p+1/t17-/m1/s1. The predicted octanol–water partition coefficient (Wildman–Crippen LogP) is 3.44. The lowest BCUT2D eigenvalue weighted by Crippen LogP contribution is -3.13. The Kier molecular flexibility index (Phi) is 6.80. The van der Waals surface area contributed by atoms with Crippen LogP contribution in [0, 0.1) is 5.82 Å². The van der Waals surface area contributed by atoms with Crippen molar-refractivity contribution in [2.75, 3.05) is 31.5 Å². The number of benzene rings is 2. The Bertz CT molecular complexity index is 754. The molecule has 0 bridgehead atoms. The van der Waals surface area contributed by atoms with Gasteiger partial charge in [-0.15, -0.1) is 0 Å². The summed E-state index contributed by atoms with van der Waals surface area (Å²) in [6.07, 6.45) is 1.15. The number of anilines is 1. The van der Waals surface area contributed by atoms with Crippen LogP contribution in [0.15, 0.2) is 48.5 Å². The number of nitrogens with one attached hydrogen (secondary N) is 2. The van der Waals surface area contributed by atoms with Gasteiger partial charge in [0.1, 0.15) is 12.4 Å². The van der Waals surface area contributed by atoms with Gasteiger partial charge in [0.15, 0.2) is 5.11 Å². The van der Waals surface area contributed by atoms with Crippen LogP contribution in [-0.2, 0) is 6.54 Å². The number of hydrogen-bond acceptors (Lipinski definition) is 1. The van der Waals surface area contributed by atoms with E-state index in [-0.39, 0.29) is 5.82 Å². The molecule has 0 unspecified atom stereocenters. The van der Waals surface area contributed by atoms with Crippen molar-refractivity contribution in [2.24, 2.45) is 0 Å². The summed E-state index contributed by atoms with van der Waals surface area (Å²) in [6, 6.07) is 15.5. The Morgan fingerprint density at radius 3 is 2.52 bits per heavy atom. The van der Waals surface area contributed by atoms with Crippen LogP contribution in [0.4, 0.5) is 10.1 Å². The van der Waals surface area contributed by atoms with Crippen molar-refractivity contribution < 1.29 is 9.29 Å². The van der Waals surface area contributed by atoms with Gasteiger partial charge in [-0.1, -0.05) is 38.1 Å². The molecule has 1 aliphatic heterocycles. The molecule has 1 heterocycles. The maximum atomic E-state index is 13.3. The van der Waals surface area contributed by atoms with E-state index in [1.807, 2.05) is 6.07 Å². The van der Waals surface area contributed by atoms with Gasteiger partial charge >= 0.3 is 0 Å². The predicted molar refractivity (Wildman–Crippen MR) is 114 cm³/mol. The lowest BCUT2D eigenvalue weighted by atomic mass is 9.99. The van der Waals surface area contributed by atoms with Crippen LogP contribution >= 0.6 is 12.2 Å². The number of rotatable bonds is 5. The normalized spacial score (nSPS) is 16.2. The van der Waals surface area contributed by atoms with Gasteiger partial charge in [0.2, 0.25) is 0 Å². The van der Waals surface area contributed by atoms with Crippen molar-refractivity contribution >= 4 is 23.0 Å². The van der Waals surface area contributed by atoms with E-state index in [0.717, 1.165) is 55.5 Å². The molecule has 0 spiro atoms. The minimum Gasteiger partial charge on any atom is -0.338 e. The molecule has 2 aromatic carbocycles. The maximum absolute atomic E-state index is 13.3. The van der Waals surface area contributed by atoms with Gasteiger partial charge < -0.3 is 15.1 Å². The lowest BCUT2D eigenvalue weighted by Gasteiger charge is -2.34. The lowest BCUT2D eigenvalue weighted by molar-refractivity contribution is -0.917. The van der Waals surface area contributed by atoms with E-state index in [4.69, 9.17) is 12.2 Å². The summed E-state index contributed by atoms with van der Waals surface area (Å²) in [5.41, 5.74) is 3.46. The molecule has 2 aromatic rings. The van der Waals surface area contributed by atoms with Crippen LogP contribution in [0.25, 0.3) is 0 Å². The quantitative estimate of drug-likeness (QED) is 0.768. The fourth-order valence-electron chi connectivity index (χ4n) is 3.47. The van der Waals surface area contributed by atoms with Crippen molar-refractivity contribution in [3.8, 4) is 0 Å². The Balaban J connectivity index is 1.48. The Hall–Kier alpha value is -1.98. The average molecular weight is 387 g/mol. The van der Waals surface area contributed by atoms with Crippen LogP contribution in [0.5, 0.6) is 0 Å². The summed E-state index contributed by atoms with van der Waals surface area (Å²) in [5, 5.41) is 4.15. The van der Waals surface area contributed by atoms with Gasteiger partial charge in [0, 0.05) is 11.3 Å². The van der Waals surface area contributed by atoms with Crippen LogP contribution < -0.4 is 10.2 Å². The van der Waals surface area contributed by atoms with E-state index in [1.54, 1.807) is 12.1 Å². The Morgan fingerprint density at radius 2 is 1.89 bits per heavy atom. The van der Waals surface area contributed by atoms with E-state index in [9.17, 15) is 4.39 Å². The maximum Gasteiger partial charge on any atom is 0.173 e. The van der Waals surface area contributed by atoms with Crippen LogP contribution in [-0.4, -0.2) is 36.2 Å². The van der Waals surface area contributed by atoms with Crippen molar-refractivity contribution in [1.82, 2.24) is 4.90 Å². The monoisotopic (exact) mass is 386 g/mol. The summed E-state index contributed by atoms with van der Waals surface area (Å²) >= 11 is 5.60. The van der Waals surface area contributed by atoms with E-state index >= 15 is 0 Å². The first kappa shape index (κ1) is 19.8. The van der Waals surface area contributed by atoms with E-state index in [0.29, 0.717) is 5.92 Å². The van der Waals surface area contributed by atoms with Gasteiger partial charge in [-0.25, -0.2) is 4.39 Å². The molecule has 27 heavy (non-hydrogen) atoms. The van der Waals surface area contributed by atoms with Crippen molar-refractivity contribution in [3.63, 3.8) is 0 Å². The van der Waals surface area contributed by atoms with Crippen molar-refractivity contribution in [3.05, 3.63) is 65.5 Å². The second-order valence-corrected chi connectivity index (χ2v) is 7.79. The number of nitrogens with zero attached hydrogens (tertiary/aromatic N) is 1. The van der Waals surface area contributed by atoms with Crippen LogP contribution in [0.2, 0.25) is 0 Å². The molecule has 5 heteroatoms. The zero-order chi connectivity index (χ0) is 19.2. The molecule has 144 valence electrons. The first-order chi connectivity index (χ1) is 13.0. The molecular weight excluding hydrogens is 357 g/mol. The summed E-state index contributed by atoms with van der Waals surface area (Å²) in [7, 11) is 0. The molecular formula is C22H29FN3S+. The van der Waals surface area contributed by atoms with Gasteiger partial charge in [-0.05, 0) is 54.4 Å². The third-order valence-corrected chi connectivity index (χ3v) is 5.80. The molecule has 1 fully saturated rings. The molecule has 0 aliphatic carbocycles. The van der Waals surface area contributed by atoms with Gasteiger partial charge in [0.05, 0.1) is 26.2 Å². The highest BCUT2D eigenvalue weighted by Gasteiger charge is 2.22. The topological polar surface area (TPSA) is 19.7 Å². The minimum absolute atomic E-state index is 0.157. The van der Waals surface area contributed by atoms with Gasteiger partial charge in [0.25, 0.3) is 0 Å². The van der Waals surface area contributed by atoms with Crippen molar-refractivity contribution in [2.45, 2.75) is 32.7 Å². The fraction of sp³-hybridized carbons (Fsp3) is 0.409. The molecule has 1 saturated heterocycles. The molecule has 3 rings (SSSR count). The summed E-state index contributed by atoms with van der Waals surface area (Å²) in [4.78, 5) is 3.70. The largest absolute Gasteiger partial charge is 0.338 e. The average Bonchev–Trinajstić information content (AvgIpc) is 2.68. The van der Waals surface area contributed by atoms with E-state index < -0.39 is 0 Å². The number of hydrogen-bond donors (Lipinski definition) is 2. The second kappa shape index (κ2) is 9.29. The number of thiocarbonyl (C=S) groups is 1. The third-order valence-electron chi connectivity index (χ3n) is 5.44. The molecule has 1 atom stereocenters. The molecule has 3 nitrogen and oxygen atoms in total. The molecule has 0 radical (unpaired) electrons. The number of piperazine rings is 1.